The fourth-order valence-electron chi connectivity index (χ4n) is 1.76. The van der Waals surface area contributed by atoms with Crippen molar-refractivity contribution in [1.82, 2.24) is 9.88 Å². The molecule has 4 nitrogen and oxygen atoms in total. The maximum atomic E-state index is 11.5. The molecule has 1 aromatic heterocycles. The highest BCUT2D eigenvalue weighted by Crippen LogP contribution is 2.14. The van der Waals surface area contributed by atoms with Crippen LogP contribution in [-0.4, -0.2) is 34.7 Å². The normalized spacial score (nSPS) is 15.0. The second-order valence-corrected chi connectivity index (χ2v) is 7.13. The van der Waals surface area contributed by atoms with E-state index < -0.39 is 0 Å². The molecule has 1 saturated heterocycles. The first-order chi connectivity index (χ1) is 9.78. The van der Waals surface area contributed by atoms with Gasteiger partial charge >= 0.3 is 6.09 Å². The second-order valence-electron chi connectivity index (χ2n) is 5.83. The van der Waals surface area contributed by atoms with Crippen LogP contribution in [0.5, 0.6) is 0 Å². The second kappa shape index (κ2) is 8.59. The van der Waals surface area contributed by atoms with Gasteiger partial charge in [-0.2, -0.15) is 0 Å². The van der Waals surface area contributed by atoms with Crippen LogP contribution in [0, 0.1) is 0 Å². The van der Waals surface area contributed by atoms with E-state index in [1.165, 1.54) is 6.42 Å². The first-order valence-corrected chi connectivity index (χ1v) is 8.20. The number of hydrogen-bond donors (Lipinski definition) is 0. The lowest BCUT2D eigenvalue weighted by Crippen LogP contribution is -2.39. The van der Waals surface area contributed by atoms with Gasteiger partial charge < -0.3 is 9.64 Å². The minimum Gasteiger partial charge on any atom is -0.444 e. The van der Waals surface area contributed by atoms with Crippen molar-refractivity contribution in [2.24, 2.45) is 0 Å². The molecule has 2 rings (SSSR count). The quantitative estimate of drug-likeness (QED) is 0.604. The van der Waals surface area contributed by atoms with Gasteiger partial charge in [0.1, 0.15) is 10.8 Å². The molecule has 1 aromatic rings. The summed E-state index contributed by atoms with van der Waals surface area (Å²) < 4.78 is 6.21. The molecule has 6 heteroatoms. The summed E-state index contributed by atoms with van der Waals surface area (Å²) in [6.45, 7) is 7.41. The van der Waals surface area contributed by atoms with Crippen molar-refractivity contribution < 1.29 is 9.53 Å². The van der Waals surface area contributed by atoms with Crippen LogP contribution in [0.2, 0.25) is 5.15 Å². The highest BCUT2D eigenvalue weighted by Gasteiger charge is 2.22. The number of piperidine rings is 1. The molecule has 21 heavy (non-hydrogen) atoms. The number of rotatable bonds is 0. The lowest BCUT2D eigenvalue weighted by Gasteiger charge is -2.29. The molecule has 0 bridgehead atoms. The summed E-state index contributed by atoms with van der Waals surface area (Å²) in [5.74, 6) is 0. The number of pyridine rings is 1. The smallest absolute Gasteiger partial charge is 0.410 e. The number of carbonyl (C=O) groups excluding carboxylic acids is 1. The van der Waals surface area contributed by atoms with E-state index >= 15 is 0 Å². The minimum atomic E-state index is -0.367. The van der Waals surface area contributed by atoms with Crippen molar-refractivity contribution in [2.45, 2.75) is 45.6 Å². The van der Waals surface area contributed by atoms with Gasteiger partial charge in [-0.3, -0.25) is 0 Å². The Labute approximate surface area is 140 Å². The maximum absolute atomic E-state index is 11.5. The zero-order chi connectivity index (χ0) is 15.9. The topological polar surface area (TPSA) is 42.4 Å². The Hall–Kier alpha value is -0.810. The number of hydrogen-bond acceptors (Lipinski definition) is 3. The largest absolute Gasteiger partial charge is 0.444 e. The monoisotopic (exact) mass is 376 g/mol. The molecule has 0 saturated carbocycles. The zero-order valence-corrected chi connectivity index (χ0v) is 15.1. The van der Waals surface area contributed by atoms with Crippen molar-refractivity contribution in [2.75, 3.05) is 13.1 Å². The van der Waals surface area contributed by atoms with Gasteiger partial charge in [-0.05, 0) is 68.1 Å². The molecule has 0 aromatic carbocycles. The molecule has 1 aliphatic heterocycles. The summed E-state index contributed by atoms with van der Waals surface area (Å²) >= 11 is 8.70. The Morgan fingerprint density at radius 1 is 1.29 bits per heavy atom. The average molecular weight is 378 g/mol. The number of nitrogens with zero attached hydrogens (tertiary/aromatic N) is 2. The van der Waals surface area contributed by atoms with Crippen LogP contribution in [-0.2, 0) is 4.74 Å². The Morgan fingerprint density at radius 2 is 1.90 bits per heavy atom. The summed E-state index contributed by atoms with van der Waals surface area (Å²) in [7, 11) is 0. The van der Waals surface area contributed by atoms with E-state index in [2.05, 4.69) is 20.9 Å². The lowest BCUT2D eigenvalue weighted by atomic mass is 10.1. The molecular formula is C15H22BrClN2O2. The predicted molar refractivity (Wildman–Crippen MR) is 88.6 cm³/mol. The van der Waals surface area contributed by atoms with E-state index in [-0.39, 0.29) is 11.7 Å². The Kier molecular flexibility index (Phi) is 7.46. The molecule has 0 N–H and O–H groups in total. The van der Waals surface area contributed by atoms with Gasteiger partial charge in [-0.15, -0.1) is 0 Å². The molecule has 1 amide bonds. The number of carbonyl (C=O) groups is 1. The summed E-state index contributed by atoms with van der Waals surface area (Å²) in [5, 5.41) is 0.521. The van der Waals surface area contributed by atoms with Crippen LogP contribution in [0.15, 0.2) is 22.8 Å². The molecule has 0 atom stereocenters. The predicted octanol–water partition coefficient (Wildman–Crippen LogP) is 4.90. The molecule has 0 unspecified atom stereocenters. The van der Waals surface area contributed by atoms with Crippen LogP contribution in [0.3, 0.4) is 0 Å². The van der Waals surface area contributed by atoms with Crippen LogP contribution in [0.1, 0.15) is 40.0 Å². The molecule has 118 valence electrons. The van der Waals surface area contributed by atoms with Crippen molar-refractivity contribution >= 4 is 33.6 Å². The van der Waals surface area contributed by atoms with E-state index in [1.807, 2.05) is 26.8 Å². The van der Waals surface area contributed by atoms with E-state index in [9.17, 15) is 4.79 Å². The zero-order valence-electron chi connectivity index (χ0n) is 12.7. The fourth-order valence-corrected chi connectivity index (χ4v) is 2.11. The molecule has 0 radical (unpaired) electrons. The van der Waals surface area contributed by atoms with Crippen molar-refractivity contribution in [3.63, 3.8) is 0 Å². The first kappa shape index (κ1) is 18.2. The SMILES string of the molecule is CC(C)(C)OC(=O)N1CCCCC1.Clc1ccc(Br)cn1. The molecule has 0 aliphatic carbocycles. The van der Waals surface area contributed by atoms with E-state index in [4.69, 9.17) is 16.3 Å². The molecule has 2 heterocycles. The van der Waals surface area contributed by atoms with E-state index in [0.717, 1.165) is 30.4 Å². The summed E-state index contributed by atoms with van der Waals surface area (Å²) in [6, 6.07) is 3.57. The average Bonchev–Trinajstić information content (AvgIpc) is 2.42. The van der Waals surface area contributed by atoms with Gasteiger partial charge in [-0.1, -0.05) is 11.6 Å². The highest BCUT2D eigenvalue weighted by atomic mass is 79.9. The van der Waals surface area contributed by atoms with Gasteiger partial charge in [0.05, 0.1) is 0 Å². The van der Waals surface area contributed by atoms with Crippen LogP contribution >= 0.6 is 27.5 Å². The molecular weight excluding hydrogens is 356 g/mol. The summed E-state index contributed by atoms with van der Waals surface area (Å²) in [5.41, 5.74) is -0.367. The van der Waals surface area contributed by atoms with Gasteiger partial charge in [0.2, 0.25) is 0 Å². The number of halogens is 2. The minimum absolute atomic E-state index is 0.160. The van der Waals surface area contributed by atoms with Crippen LogP contribution in [0.4, 0.5) is 4.79 Å². The van der Waals surface area contributed by atoms with Crippen molar-refractivity contribution in [3.05, 3.63) is 28.0 Å². The molecule has 1 aliphatic rings. The first-order valence-electron chi connectivity index (χ1n) is 7.03. The Bertz CT molecular complexity index is 419. The van der Waals surface area contributed by atoms with E-state index in [0.29, 0.717) is 5.15 Å². The molecule has 1 fully saturated rings. The molecule has 0 spiro atoms. The van der Waals surface area contributed by atoms with E-state index in [1.54, 1.807) is 17.2 Å². The highest BCUT2D eigenvalue weighted by molar-refractivity contribution is 9.10. The third-order valence-corrected chi connectivity index (χ3v) is 3.39. The summed E-state index contributed by atoms with van der Waals surface area (Å²) in [6.07, 6.45) is 4.95. The van der Waals surface area contributed by atoms with Gasteiger partial charge in [-0.25, -0.2) is 9.78 Å². The Balaban J connectivity index is 0.000000235. The summed E-state index contributed by atoms with van der Waals surface area (Å²) in [4.78, 5) is 17.1. The standard InChI is InChI=1S/C10H19NO2.C5H3BrClN/c1-10(2,3)13-9(12)11-7-5-4-6-8-11;6-4-1-2-5(7)8-3-4/h4-8H2,1-3H3;1-3H. The van der Waals surface area contributed by atoms with Crippen molar-refractivity contribution in [1.29, 1.82) is 0 Å². The lowest BCUT2D eigenvalue weighted by molar-refractivity contribution is 0.0216. The number of amides is 1. The van der Waals surface area contributed by atoms with Crippen LogP contribution < -0.4 is 0 Å². The third-order valence-electron chi connectivity index (χ3n) is 2.70. The van der Waals surface area contributed by atoms with Crippen LogP contribution in [0.25, 0.3) is 0 Å². The van der Waals surface area contributed by atoms with Crippen molar-refractivity contribution in [3.8, 4) is 0 Å². The van der Waals surface area contributed by atoms with Gasteiger partial charge in [0.15, 0.2) is 0 Å². The number of aromatic nitrogens is 1. The third kappa shape index (κ3) is 8.27. The number of likely N-dealkylation sites (tertiary alicyclic amines) is 1. The fraction of sp³-hybridized carbons (Fsp3) is 0.600. The number of ether oxygens (including phenoxy) is 1. The van der Waals surface area contributed by atoms with Gasteiger partial charge in [0.25, 0.3) is 0 Å². The Morgan fingerprint density at radius 3 is 2.33 bits per heavy atom. The maximum Gasteiger partial charge on any atom is 0.410 e. The van der Waals surface area contributed by atoms with Gasteiger partial charge in [0, 0.05) is 23.8 Å².